The summed E-state index contributed by atoms with van der Waals surface area (Å²) in [6.07, 6.45) is 5.96. The molecule has 5 nitrogen and oxygen atoms in total. The van der Waals surface area contributed by atoms with Crippen LogP contribution in [0.2, 0.25) is 0 Å². The molecular formula is C20H22N4O. The Morgan fingerprint density at radius 3 is 2.96 bits per heavy atom. The largest absolute Gasteiger partial charge is 0.361 e. The number of H-pyrrole nitrogens is 1. The molecule has 25 heavy (non-hydrogen) atoms. The van der Waals surface area contributed by atoms with Crippen molar-refractivity contribution in [2.75, 3.05) is 5.32 Å². The Bertz CT molecular complexity index is 870. The number of pyridine rings is 1. The smallest absolute Gasteiger partial charge is 0.242 e. The van der Waals surface area contributed by atoms with E-state index in [1.54, 1.807) is 6.20 Å². The van der Waals surface area contributed by atoms with Gasteiger partial charge in [0, 0.05) is 30.5 Å². The topological polar surface area (TPSA) is 61.0 Å². The number of anilines is 1. The molecule has 128 valence electrons. The van der Waals surface area contributed by atoms with E-state index < -0.39 is 0 Å². The summed E-state index contributed by atoms with van der Waals surface area (Å²) in [5.41, 5.74) is 2.37. The number of aromatic nitrogens is 2. The number of nitrogens with one attached hydrogen (secondary N) is 2. The van der Waals surface area contributed by atoms with Crippen molar-refractivity contribution in [2.24, 2.45) is 0 Å². The van der Waals surface area contributed by atoms with Crippen LogP contribution in [0.3, 0.4) is 0 Å². The van der Waals surface area contributed by atoms with Gasteiger partial charge >= 0.3 is 0 Å². The lowest BCUT2D eigenvalue weighted by Gasteiger charge is -2.28. The summed E-state index contributed by atoms with van der Waals surface area (Å²) in [5, 5.41) is 4.13. The first kappa shape index (κ1) is 15.8. The quantitative estimate of drug-likeness (QED) is 0.725. The minimum Gasteiger partial charge on any atom is -0.361 e. The molecule has 0 radical (unpaired) electrons. The average Bonchev–Trinajstić information content (AvgIpc) is 3.37. The number of aromatic amines is 1. The summed E-state index contributed by atoms with van der Waals surface area (Å²) in [4.78, 5) is 22.3. The molecule has 2 N–H and O–H groups in total. The van der Waals surface area contributed by atoms with Crippen LogP contribution in [0, 0.1) is 0 Å². The molecule has 2 aromatic heterocycles. The van der Waals surface area contributed by atoms with E-state index in [9.17, 15) is 4.79 Å². The van der Waals surface area contributed by atoms with Crippen LogP contribution in [0.5, 0.6) is 0 Å². The lowest BCUT2D eigenvalue weighted by Crippen LogP contribution is -2.43. The molecule has 5 heteroatoms. The zero-order chi connectivity index (χ0) is 17.2. The van der Waals surface area contributed by atoms with E-state index >= 15 is 0 Å². The minimum absolute atomic E-state index is 0.00618. The predicted molar refractivity (Wildman–Crippen MR) is 99.2 cm³/mol. The summed E-state index contributed by atoms with van der Waals surface area (Å²) in [7, 11) is 0. The van der Waals surface area contributed by atoms with Crippen LogP contribution in [0.15, 0.2) is 54.9 Å². The van der Waals surface area contributed by atoms with E-state index in [2.05, 4.69) is 44.5 Å². The Hall–Kier alpha value is -2.66. The van der Waals surface area contributed by atoms with Crippen LogP contribution in [0.25, 0.3) is 10.9 Å². The number of fused-ring (bicyclic) bond motifs is 1. The van der Waals surface area contributed by atoms with Gasteiger partial charge in [-0.2, -0.15) is 0 Å². The van der Waals surface area contributed by atoms with Crippen LogP contribution >= 0.6 is 0 Å². The molecule has 1 amide bonds. The van der Waals surface area contributed by atoms with E-state index in [0.29, 0.717) is 11.9 Å². The van der Waals surface area contributed by atoms with Crippen molar-refractivity contribution < 1.29 is 4.79 Å². The summed E-state index contributed by atoms with van der Waals surface area (Å²) < 4.78 is 0. The van der Waals surface area contributed by atoms with E-state index in [1.165, 1.54) is 10.9 Å². The summed E-state index contributed by atoms with van der Waals surface area (Å²) in [5.74, 6) is 0.595. The second kappa shape index (κ2) is 6.69. The molecule has 0 saturated heterocycles. The summed E-state index contributed by atoms with van der Waals surface area (Å²) in [6.45, 7) is 2.76. The van der Waals surface area contributed by atoms with Crippen molar-refractivity contribution in [2.45, 2.75) is 38.4 Å². The number of benzene rings is 1. The van der Waals surface area contributed by atoms with Crippen LogP contribution < -0.4 is 5.32 Å². The van der Waals surface area contributed by atoms with Crippen LogP contribution in [-0.4, -0.2) is 32.9 Å². The average molecular weight is 334 g/mol. The van der Waals surface area contributed by atoms with Gasteiger partial charge in [-0.1, -0.05) is 12.1 Å². The Kier molecular flexibility index (Phi) is 4.24. The molecule has 0 spiro atoms. The molecule has 1 atom stereocenters. The van der Waals surface area contributed by atoms with Crippen LogP contribution in [-0.2, 0) is 11.3 Å². The number of nitrogens with zero attached hydrogens (tertiary/aromatic N) is 2. The number of hydrogen-bond acceptors (Lipinski definition) is 3. The molecule has 1 aliphatic carbocycles. The first-order valence-corrected chi connectivity index (χ1v) is 8.74. The van der Waals surface area contributed by atoms with Crippen LogP contribution in [0.1, 0.15) is 25.3 Å². The predicted octanol–water partition coefficient (Wildman–Crippen LogP) is 3.55. The van der Waals surface area contributed by atoms with Crippen molar-refractivity contribution in [3.8, 4) is 0 Å². The van der Waals surface area contributed by atoms with E-state index in [-0.39, 0.29) is 11.9 Å². The van der Waals surface area contributed by atoms with Gasteiger partial charge in [0.15, 0.2) is 0 Å². The van der Waals surface area contributed by atoms with E-state index in [4.69, 9.17) is 0 Å². The first-order chi connectivity index (χ1) is 12.2. The lowest BCUT2D eigenvalue weighted by atomic mass is 10.1. The van der Waals surface area contributed by atoms with Crippen molar-refractivity contribution in [1.29, 1.82) is 0 Å². The second-order valence-electron chi connectivity index (χ2n) is 6.68. The molecule has 4 rings (SSSR count). The van der Waals surface area contributed by atoms with Crippen molar-refractivity contribution in [1.82, 2.24) is 14.9 Å². The standard InChI is InChI=1S/C20H22N4O/c1-14(20(25)23-19-4-2-3-10-22-19)24(17-6-7-17)13-15-5-8-18-16(12-15)9-11-21-18/h2-5,8-12,14,17,21H,6-7,13H2,1H3,(H,22,23,25)/t14-/m0/s1. The molecule has 1 fully saturated rings. The second-order valence-corrected chi connectivity index (χ2v) is 6.68. The molecule has 1 aromatic carbocycles. The highest BCUT2D eigenvalue weighted by Crippen LogP contribution is 2.31. The minimum atomic E-state index is -0.198. The lowest BCUT2D eigenvalue weighted by molar-refractivity contribution is -0.121. The highest BCUT2D eigenvalue weighted by Gasteiger charge is 2.35. The molecule has 1 aliphatic rings. The number of carbonyl (C=O) groups is 1. The fourth-order valence-electron chi connectivity index (χ4n) is 3.22. The molecule has 0 aliphatic heterocycles. The molecule has 3 aromatic rings. The van der Waals surface area contributed by atoms with Gasteiger partial charge in [0.05, 0.1) is 6.04 Å². The zero-order valence-electron chi connectivity index (χ0n) is 14.3. The monoisotopic (exact) mass is 334 g/mol. The first-order valence-electron chi connectivity index (χ1n) is 8.74. The number of rotatable bonds is 6. The third kappa shape index (κ3) is 3.56. The van der Waals surface area contributed by atoms with E-state index in [1.807, 2.05) is 31.3 Å². The maximum absolute atomic E-state index is 12.6. The fraction of sp³-hybridized carbons (Fsp3) is 0.300. The molecular weight excluding hydrogens is 312 g/mol. The third-order valence-electron chi connectivity index (χ3n) is 4.79. The van der Waals surface area contributed by atoms with Crippen molar-refractivity contribution in [3.63, 3.8) is 0 Å². The Morgan fingerprint density at radius 2 is 2.20 bits per heavy atom. The molecule has 0 bridgehead atoms. The van der Waals surface area contributed by atoms with Gasteiger partial charge < -0.3 is 10.3 Å². The Morgan fingerprint density at radius 1 is 1.32 bits per heavy atom. The van der Waals surface area contributed by atoms with Gasteiger partial charge in [-0.25, -0.2) is 4.98 Å². The maximum atomic E-state index is 12.6. The van der Waals surface area contributed by atoms with Gasteiger partial charge in [0.1, 0.15) is 5.82 Å². The van der Waals surface area contributed by atoms with Crippen molar-refractivity contribution in [3.05, 3.63) is 60.4 Å². The van der Waals surface area contributed by atoms with Gasteiger partial charge in [0.2, 0.25) is 5.91 Å². The zero-order valence-corrected chi connectivity index (χ0v) is 14.3. The highest BCUT2D eigenvalue weighted by molar-refractivity contribution is 5.93. The van der Waals surface area contributed by atoms with Crippen LogP contribution in [0.4, 0.5) is 5.82 Å². The van der Waals surface area contributed by atoms with E-state index in [0.717, 1.165) is 24.9 Å². The summed E-state index contributed by atoms with van der Waals surface area (Å²) in [6, 6.07) is 14.3. The maximum Gasteiger partial charge on any atom is 0.242 e. The van der Waals surface area contributed by atoms with Gasteiger partial charge in [-0.3, -0.25) is 9.69 Å². The molecule has 2 heterocycles. The normalized spacial score (nSPS) is 15.4. The van der Waals surface area contributed by atoms with Gasteiger partial charge in [-0.05, 0) is 61.0 Å². The Labute approximate surface area is 147 Å². The fourth-order valence-corrected chi connectivity index (χ4v) is 3.22. The van der Waals surface area contributed by atoms with Crippen molar-refractivity contribution >= 4 is 22.6 Å². The number of hydrogen-bond donors (Lipinski definition) is 2. The third-order valence-corrected chi connectivity index (χ3v) is 4.79. The molecule has 0 unspecified atom stereocenters. The van der Waals surface area contributed by atoms with Gasteiger partial charge in [-0.15, -0.1) is 0 Å². The van der Waals surface area contributed by atoms with Gasteiger partial charge in [0.25, 0.3) is 0 Å². The Balaban J connectivity index is 1.49. The SMILES string of the molecule is C[C@@H](C(=O)Nc1ccccn1)N(Cc1ccc2[nH]ccc2c1)C1CC1. The number of amides is 1. The number of carbonyl (C=O) groups excluding carboxylic acids is 1. The highest BCUT2D eigenvalue weighted by atomic mass is 16.2. The molecule has 1 saturated carbocycles. The summed E-state index contributed by atoms with van der Waals surface area (Å²) >= 11 is 0.